The van der Waals surface area contributed by atoms with E-state index in [1.807, 2.05) is 60.7 Å². The minimum Gasteiger partial charge on any atom is -0.496 e. The van der Waals surface area contributed by atoms with E-state index in [2.05, 4.69) is 26.2 Å². The maximum absolute atomic E-state index is 12.3. The van der Waals surface area contributed by atoms with Gasteiger partial charge in [0.05, 0.1) is 36.7 Å². The van der Waals surface area contributed by atoms with Gasteiger partial charge < -0.3 is 14.8 Å². The van der Waals surface area contributed by atoms with Gasteiger partial charge in [0.15, 0.2) is 0 Å². The van der Waals surface area contributed by atoms with E-state index in [-0.39, 0.29) is 12.5 Å². The Balaban J connectivity index is 2.06. The number of carbonyl (C=O) groups excluding carboxylic acids is 1. The van der Waals surface area contributed by atoms with Crippen LogP contribution in [0.4, 0.5) is 5.69 Å². The lowest BCUT2D eigenvalue weighted by Gasteiger charge is -2.21. The molecule has 0 saturated carbocycles. The third kappa shape index (κ3) is 3.63. The van der Waals surface area contributed by atoms with Crippen LogP contribution >= 0.6 is 15.9 Å². The molecule has 0 unspecified atom stereocenters. The smallest absolute Gasteiger partial charge is 0.246 e. The van der Waals surface area contributed by atoms with Crippen LogP contribution < -0.4 is 14.8 Å². The lowest BCUT2D eigenvalue weighted by molar-refractivity contribution is -0.114. The first-order chi connectivity index (χ1) is 14.1. The summed E-state index contributed by atoms with van der Waals surface area (Å²) >= 11 is 3.52. The molecule has 0 spiro atoms. The summed E-state index contributed by atoms with van der Waals surface area (Å²) in [6.07, 6.45) is 0. The molecule has 0 bridgehead atoms. The molecule has 0 saturated heterocycles. The average Bonchev–Trinajstić information content (AvgIpc) is 2.91. The molecule has 3 aromatic carbocycles. The van der Waals surface area contributed by atoms with Crippen molar-refractivity contribution in [3.63, 3.8) is 0 Å². The molecule has 146 valence electrons. The molecule has 0 atom stereocenters. The Morgan fingerprint density at radius 1 is 0.931 bits per heavy atom. The number of amides is 1. The molecule has 29 heavy (non-hydrogen) atoms. The van der Waals surface area contributed by atoms with Gasteiger partial charge in [-0.2, -0.15) is 0 Å². The van der Waals surface area contributed by atoms with E-state index in [4.69, 9.17) is 9.47 Å². The van der Waals surface area contributed by atoms with Crippen LogP contribution in [0.15, 0.2) is 70.1 Å². The van der Waals surface area contributed by atoms with Crippen molar-refractivity contribution in [1.29, 1.82) is 0 Å². The minimum atomic E-state index is -0.187. The fraction of sp³-hybridized carbons (Fsp3) is 0.130. The van der Waals surface area contributed by atoms with Crippen molar-refractivity contribution >= 4 is 33.2 Å². The Hall–Kier alpha value is -3.12. The molecular weight excluding hydrogens is 432 g/mol. The van der Waals surface area contributed by atoms with Crippen LogP contribution in [0, 0.1) is 0 Å². The third-order valence-corrected chi connectivity index (χ3v) is 5.21. The molecular formula is C23H19BrN2O3. The van der Waals surface area contributed by atoms with Gasteiger partial charge in [0.25, 0.3) is 0 Å². The number of anilines is 1. The summed E-state index contributed by atoms with van der Waals surface area (Å²) in [5, 5.41) is 2.94. The standard InChI is InChI=1S/C23H19BrN2O3/c1-28-18-12-17-21(23(29-2)20(18)14-7-4-3-5-8-14)22(25-13-19(27)26-17)15-9-6-10-16(24)11-15/h3-12H,13H2,1-2H3,(H,26,27). The van der Waals surface area contributed by atoms with Gasteiger partial charge in [-0.3, -0.25) is 9.79 Å². The lowest BCUT2D eigenvalue weighted by atomic mass is 9.93. The zero-order chi connectivity index (χ0) is 20.4. The second-order valence-electron chi connectivity index (χ2n) is 6.50. The first kappa shape index (κ1) is 19.2. The van der Waals surface area contributed by atoms with E-state index in [0.29, 0.717) is 22.9 Å². The van der Waals surface area contributed by atoms with E-state index < -0.39 is 0 Å². The number of nitrogens with zero attached hydrogens (tertiary/aromatic N) is 1. The Bertz CT molecular complexity index is 1110. The van der Waals surface area contributed by atoms with Crippen molar-refractivity contribution in [3.8, 4) is 22.6 Å². The predicted octanol–water partition coefficient (Wildman–Crippen LogP) is 4.92. The van der Waals surface area contributed by atoms with Gasteiger partial charge >= 0.3 is 0 Å². The van der Waals surface area contributed by atoms with Crippen LogP contribution in [0.1, 0.15) is 11.1 Å². The molecule has 5 nitrogen and oxygen atoms in total. The normalized spacial score (nSPS) is 13.1. The molecule has 0 radical (unpaired) electrons. The number of hydrogen-bond donors (Lipinski definition) is 1. The fourth-order valence-corrected chi connectivity index (χ4v) is 3.90. The summed E-state index contributed by atoms with van der Waals surface area (Å²) in [6, 6.07) is 19.5. The molecule has 0 aromatic heterocycles. The van der Waals surface area contributed by atoms with Crippen LogP contribution in [-0.4, -0.2) is 32.4 Å². The molecule has 0 aliphatic carbocycles. The number of nitrogens with one attached hydrogen (secondary N) is 1. The van der Waals surface area contributed by atoms with Gasteiger partial charge in [-0.25, -0.2) is 0 Å². The Kier molecular flexibility index (Phi) is 5.36. The molecule has 0 fully saturated rings. The summed E-state index contributed by atoms with van der Waals surface area (Å²) in [5.74, 6) is 1.03. The monoisotopic (exact) mass is 450 g/mol. The first-order valence-electron chi connectivity index (χ1n) is 9.07. The van der Waals surface area contributed by atoms with E-state index >= 15 is 0 Å². The largest absolute Gasteiger partial charge is 0.496 e. The number of rotatable bonds is 4. The van der Waals surface area contributed by atoms with E-state index in [1.165, 1.54) is 0 Å². The van der Waals surface area contributed by atoms with Crippen LogP contribution in [-0.2, 0) is 4.79 Å². The molecule has 1 aliphatic rings. The minimum absolute atomic E-state index is 0.0304. The van der Waals surface area contributed by atoms with Gasteiger partial charge in [-0.05, 0) is 17.7 Å². The number of halogens is 1. The predicted molar refractivity (Wildman–Crippen MR) is 118 cm³/mol. The molecule has 6 heteroatoms. The Morgan fingerprint density at radius 3 is 2.38 bits per heavy atom. The van der Waals surface area contributed by atoms with Gasteiger partial charge in [0, 0.05) is 16.1 Å². The van der Waals surface area contributed by atoms with Crippen LogP contribution in [0.2, 0.25) is 0 Å². The van der Waals surface area contributed by atoms with Crippen molar-refractivity contribution in [2.24, 2.45) is 4.99 Å². The van der Waals surface area contributed by atoms with E-state index in [9.17, 15) is 4.79 Å². The van der Waals surface area contributed by atoms with Crippen molar-refractivity contribution in [2.75, 3.05) is 26.1 Å². The molecule has 3 aromatic rings. The summed E-state index contributed by atoms with van der Waals surface area (Å²) in [7, 11) is 3.22. The van der Waals surface area contributed by atoms with Crippen LogP contribution in [0.3, 0.4) is 0 Å². The summed E-state index contributed by atoms with van der Waals surface area (Å²) in [5.41, 5.74) is 4.69. The van der Waals surface area contributed by atoms with Gasteiger partial charge in [-0.1, -0.05) is 58.4 Å². The average molecular weight is 451 g/mol. The van der Waals surface area contributed by atoms with Gasteiger partial charge in [-0.15, -0.1) is 0 Å². The highest BCUT2D eigenvalue weighted by Gasteiger charge is 2.27. The molecule has 1 amide bonds. The zero-order valence-electron chi connectivity index (χ0n) is 16.0. The highest BCUT2D eigenvalue weighted by Crippen LogP contribution is 2.46. The van der Waals surface area contributed by atoms with Crippen molar-refractivity contribution < 1.29 is 14.3 Å². The summed E-state index contributed by atoms with van der Waals surface area (Å²) in [6.45, 7) is 0.0304. The third-order valence-electron chi connectivity index (χ3n) is 4.72. The van der Waals surface area contributed by atoms with Crippen LogP contribution in [0.5, 0.6) is 11.5 Å². The number of fused-ring (bicyclic) bond motifs is 1. The molecule has 1 heterocycles. The summed E-state index contributed by atoms with van der Waals surface area (Å²) < 4.78 is 12.5. The van der Waals surface area contributed by atoms with Crippen molar-refractivity contribution in [1.82, 2.24) is 0 Å². The SMILES string of the molecule is COc1cc2c(c(OC)c1-c1ccccc1)C(c1cccc(Br)c1)=NCC(=O)N2. The quantitative estimate of drug-likeness (QED) is 0.613. The molecule has 4 rings (SSSR count). The topological polar surface area (TPSA) is 59.9 Å². The number of benzene rings is 3. The number of aliphatic imine (C=N–C) groups is 1. The van der Waals surface area contributed by atoms with Crippen molar-refractivity contribution in [3.05, 3.63) is 76.3 Å². The zero-order valence-corrected chi connectivity index (χ0v) is 17.6. The van der Waals surface area contributed by atoms with Gasteiger partial charge in [0.2, 0.25) is 5.91 Å². The highest BCUT2D eigenvalue weighted by atomic mass is 79.9. The maximum atomic E-state index is 12.3. The van der Waals surface area contributed by atoms with E-state index in [1.54, 1.807) is 14.2 Å². The first-order valence-corrected chi connectivity index (χ1v) is 9.86. The summed E-state index contributed by atoms with van der Waals surface area (Å²) in [4.78, 5) is 17.0. The number of benzodiazepines with no additional fused rings is 1. The van der Waals surface area contributed by atoms with Gasteiger partial charge in [0.1, 0.15) is 18.0 Å². The second kappa shape index (κ2) is 8.09. The second-order valence-corrected chi connectivity index (χ2v) is 7.41. The fourth-order valence-electron chi connectivity index (χ4n) is 3.50. The van der Waals surface area contributed by atoms with E-state index in [0.717, 1.165) is 26.7 Å². The molecule has 1 aliphatic heterocycles. The van der Waals surface area contributed by atoms with Crippen molar-refractivity contribution in [2.45, 2.75) is 0 Å². The Morgan fingerprint density at radius 2 is 1.69 bits per heavy atom. The number of carbonyl (C=O) groups is 1. The maximum Gasteiger partial charge on any atom is 0.246 e. The number of hydrogen-bond acceptors (Lipinski definition) is 4. The lowest BCUT2D eigenvalue weighted by Crippen LogP contribution is -2.14. The number of methoxy groups -OCH3 is 2. The Labute approximate surface area is 177 Å². The molecule has 1 N–H and O–H groups in total. The highest BCUT2D eigenvalue weighted by molar-refractivity contribution is 9.10. The number of ether oxygens (including phenoxy) is 2. The van der Waals surface area contributed by atoms with Crippen LogP contribution in [0.25, 0.3) is 11.1 Å².